The Morgan fingerprint density at radius 2 is 1.89 bits per heavy atom. The van der Waals surface area contributed by atoms with Gasteiger partial charge in [0.05, 0.1) is 0 Å². The fraction of sp³-hybridized carbons (Fsp3) is 0.125. The predicted molar refractivity (Wildman–Crippen MR) is 76.5 cm³/mol. The molecule has 3 rings (SSSR count). The van der Waals surface area contributed by atoms with Gasteiger partial charge in [-0.2, -0.15) is 0 Å². The molecule has 2 aromatic carbocycles. The number of benzene rings is 2. The molecule has 3 heteroatoms. The molecule has 2 nitrogen and oxygen atoms in total. The van der Waals surface area contributed by atoms with E-state index >= 15 is 0 Å². The van der Waals surface area contributed by atoms with Gasteiger partial charge in [0.1, 0.15) is 17.4 Å². The van der Waals surface area contributed by atoms with Crippen LogP contribution >= 0.6 is 11.6 Å². The maximum atomic E-state index is 10.4. The molecule has 0 saturated heterocycles. The lowest BCUT2D eigenvalue weighted by atomic mass is 10.0. The first-order valence-electron chi connectivity index (χ1n) is 6.08. The molecular formula is C16H13ClO2. The van der Waals surface area contributed by atoms with Crippen LogP contribution in [0.5, 0.6) is 0 Å². The van der Waals surface area contributed by atoms with Crippen molar-refractivity contribution in [3.8, 4) is 0 Å². The monoisotopic (exact) mass is 272 g/mol. The minimum atomic E-state index is -0.773. The van der Waals surface area contributed by atoms with Crippen LogP contribution in [0.4, 0.5) is 0 Å². The Hall–Kier alpha value is -1.77. The molecule has 0 aliphatic rings. The van der Waals surface area contributed by atoms with Gasteiger partial charge in [-0.1, -0.05) is 35.9 Å². The van der Waals surface area contributed by atoms with Gasteiger partial charge in [-0.3, -0.25) is 0 Å². The van der Waals surface area contributed by atoms with Gasteiger partial charge in [-0.25, -0.2) is 0 Å². The summed E-state index contributed by atoms with van der Waals surface area (Å²) in [5.41, 5.74) is 2.53. The van der Waals surface area contributed by atoms with E-state index in [1.54, 1.807) is 6.07 Å². The third kappa shape index (κ3) is 2.25. The summed E-state index contributed by atoms with van der Waals surface area (Å²) in [6.45, 7) is 1.92. The average Bonchev–Trinajstić information content (AvgIpc) is 2.81. The Labute approximate surface area is 116 Å². The normalized spacial score (nSPS) is 12.8. The first kappa shape index (κ1) is 12.3. The maximum absolute atomic E-state index is 10.4. The van der Waals surface area contributed by atoms with Crippen LogP contribution in [0, 0.1) is 6.92 Å². The third-order valence-electron chi connectivity index (χ3n) is 3.24. The van der Waals surface area contributed by atoms with Gasteiger partial charge in [0.25, 0.3) is 0 Å². The van der Waals surface area contributed by atoms with Gasteiger partial charge in [-0.05, 0) is 42.3 Å². The summed E-state index contributed by atoms with van der Waals surface area (Å²) in [5, 5.41) is 12.1. The lowest BCUT2D eigenvalue weighted by Crippen LogP contribution is -2.00. The molecule has 1 unspecified atom stereocenters. The molecule has 0 aliphatic heterocycles. The lowest BCUT2D eigenvalue weighted by molar-refractivity contribution is 0.191. The summed E-state index contributed by atoms with van der Waals surface area (Å²) in [7, 11) is 0. The second-order valence-corrected chi connectivity index (χ2v) is 5.03. The molecule has 0 radical (unpaired) electrons. The molecule has 1 atom stereocenters. The highest BCUT2D eigenvalue weighted by molar-refractivity contribution is 6.30. The SMILES string of the molecule is Cc1cc(Cl)ccc1C(O)c1cc2ccccc2o1. The minimum Gasteiger partial charge on any atom is -0.458 e. The number of halogens is 1. The number of hydrogen-bond acceptors (Lipinski definition) is 2. The molecule has 3 aromatic rings. The molecule has 0 saturated carbocycles. The van der Waals surface area contributed by atoms with E-state index in [9.17, 15) is 5.11 Å². The maximum Gasteiger partial charge on any atom is 0.138 e. The Bertz CT molecular complexity index is 697. The summed E-state index contributed by atoms with van der Waals surface area (Å²) >= 11 is 5.93. The minimum absolute atomic E-state index is 0.548. The second kappa shape index (κ2) is 4.72. The smallest absolute Gasteiger partial charge is 0.138 e. The highest BCUT2D eigenvalue weighted by Crippen LogP contribution is 2.30. The van der Waals surface area contributed by atoms with E-state index in [1.165, 1.54) is 0 Å². The van der Waals surface area contributed by atoms with E-state index in [-0.39, 0.29) is 0 Å². The second-order valence-electron chi connectivity index (χ2n) is 4.59. The van der Waals surface area contributed by atoms with Crippen molar-refractivity contribution in [2.45, 2.75) is 13.0 Å². The molecule has 0 bridgehead atoms. The highest BCUT2D eigenvalue weighted by atomic mass is 35.5. The van der Waals surface area contributed by atoms with Crippen molar-refractivity contribution in [2.75, 3.05) is 0 Å². The predicted octanol–water partition coefficient (Wildman–Crippen LogP) is 4.48. The number of rotatable bonds is 2. The fourth-order valence-corrected chi connectivity index (χ4v) is 2.46. The highest BCUT2D eigenvalue weighted by Gasteiger charge is 2.17. The Morgan fingerprint density at radius 3 is 2.63 bits per heavy atom. The van der Waals surface area contributed by atoms with Crippen molar-refractivity contribution < 1.29 is 9.52 Å². The van der Waals surface area contributed by atoms with Crippen LogP contribution in [-0.2, 0) is 0 Å². The first-order chi connectivity index (χ1) is 9.15. The van der Waals surface area contributed by atoms with Crippen LogP contribution in [0.2, 0.25) is 5.02 Å². The van der Waals surface area contributed by atoms with Gasteiger partial charge in [-0.15, -0.1) is 0 Å². The summed E-state index contributed by atoms with van der Waals surface area (Å²) in [6.07, 6.45) is -0.773. The van der Waals surface area contributed by atoms with Crippen molar-refractivity contribution in [1.82, 2.24) is 0 Å². The van der Waals surface area contributed by atoms with Crippen LogP contribution in [0.3, 0.4) is 0 Å². The summed E-state index contributed by atoms with van der Waals surface area (Å²) in [6, 6.07) is 15.0. The first-order valence-corrected chi connectivity index (χ1v) is 6.45. The van der Waals surface area contributed by atoms with Gasteiger partial charge in [0.15, 0.2) is 0 Å². The quantitative estimate of drug-likeness (QED) is 0.746. The lowest BCUT2D eigenvalue weighted by Gasteiger charge is -2.11. The molecule has 1 N–H and O–H groups in total. The fourth-order valence-electron chi connectivity index (χ4n) is 2.24. The van der Waals surface area contributed by atoms with Crippen molar-refractivity contribution in [2.24, 2.45) is 0 Å². The molecular weight excluding hydrogens is 260 g/mol. The molecule has 0 amide bonds. The number of aliphatic hydroxyl groups is 1. The summed E-state index contributed by atoms with van der Waals surface area (Å²) in [5.74, 6) is 0.548. The van der Waals surface area contributed by atoms with E-state index in [4.69, 9.17) is 16.0 Å². The third-order valence-corrected chi connectivity index (χ3v) is 3.48. The zero-order valence-electron chi connectivity index (χ0n) is 10.4. The summed E-state index contributed by atoms with van der Waals surface area (Å²) in [4.78, 5) is 0. The number of furan rings is 1. The Kier molecular flexibility index (Phi) is 3.05. The molecule has 1 aromatic heterocycles. The average molecular weight is 273 g/mol. The van der Waals surface area contributed by atoms with Crippen LogP contribution in [-0.4, -0.2) is 5.11 Å². The number of para-hydroxylation sites is 1. The van der Waals surface area contributed by atoms with Crippen LogP contribution < -0.4 is 0 Å². The molecule has 0 aliphatic carbocycles. The van der Waals surface area contributed by atoms with Gasteiger partial charge < -0.3 is 9.52 Å². The van der Waals surface area contributed by atoms with E-state index in [2.05, 4.69) is 0 Å². The van der Waals surface area contributed by atoms with Gasteiger partial charge in [0, 0.05) is 10.4 Å². The largest absolute Gasteiger partial charge is 0.458 e. The molecule has 0 spiro atoms. The van der Waals surface area contributed by atoms with Gasteiger partial charge in [0.2, 0.25) is 0 Å². The number of fused-ring (bicyclic) bond motifs is 1. The van der Waals surface area contributed by atoms with Gasteiger partial charge >= 0.3 is 0 Å². The van der Waals surface area contributed by atoms with Crippen LogP contribution in [0.25, 0.3) is 11.0 Å². The van der Waals surface area contributed by atoms with Crippen LogP contribution in [0.1, 0.15) is 23.0 Å². The van der Waals surface area contributed by atoms with E-state index < -0.39 is 6.10 Å². The van der Waals surface area contributed by atoms with E-state index in [0.717, 1.165) is 22.1 Å². The molecule has 96 valence electrons. The molecule has 19 heavy (non-hydrogen) atoms. The molecule has 0 fully saturated rings. The number of hydrogen-bond donors (Lipinski definition) is 1. The van der Waals surface area contributed by atoms with E-state index in [1.807, 2.05) is 49.4 Å². The number of aliphatic hydroxyl groups excluding tert-OH is 1. The summed E-state index contributed by atoms with van der Waals surface area (Å²) < 4.78 is 5.69. The zero-order chi connectivity index (χ0) is 13.4. The topological polar surface area (TPSA) is 33.4 Å². The zero-order valence-corrected chi connectivity index (χ0v) is 11.2. The Morgan fingerprint density at radius 1 is 1.11 bits per heavy atom. The van der Waals surface area contributed by atoms with Crippen molar-refractivity contribution >= 4 is 22.6 Å². The standard InChI is InChI=1S/C16H13ClO2/c1-10-8-12(17)6-7-13(10)16(18)15-9-11-4-2-3-5-14(11)19-15/h2-9,16,18H,1H3. The number of aryl methyl sites for hydroxylation is 1. The van der Waals surface area contributed by atoms with Crippen molar-refractivity contribution in [3.63, 3.8) is 0 Å². The van der Waals surface area contributed by atoms with Crippen LogP contribution in [0.15, 0.2) is 52.9 Å². The van der Waals surface area contributed by atoms with Crippen molar-refractivity contribution in [1.29, 1.82) is 0 Å². The molecule has 1 heterocycles. The Balaban J connectivity index is 2.05. The van der Waals surface area contributed by atoms with Crippen molar-refractivity contribution in [3.05, 3.63) is 70.4 Å². The van der Waals surface area contributed by atoms with E-state index in [0.29, 0.717) is 10.8 Å².